The van der Waals surface area contributed by atoms with Gasteiger partial charge in [0, 0.05) is 17.8 Å². The molecule has 0 spiro atoms. The van der Waals surface area contributed by atoms with Gasteiger partial charge in [0.1, 0.15) is 5.82 Å². The standard InChI is InChI=1S/C20H25FN2O3S/c1-14-8-9-17(13-18(14)21)27(25,26)23-16-7-5-6-15(12-16)19(24)22-11-10-20(2,3)4/h5-9,12-13,23H,10-11H2,1-4H3,(H,22,24). The van der Waals surface area contributed by atoms with E-state index in [1.807, 2.05) is 0 Å². The summed E-state index contributed by atoms with van der Waals surface area (Å²) in [4.78, 5) is 12.1. The molecule has 0 aliphatic rings. The van der Waals surface area contributed by atoms with Gasteiger partial charge in [-0.1, -0.05) is 32.9 Å². The van der Waals surface area contributed by atoms with Gasteiger partial charge in [0.2, 0.25) is 0 Å². The molecule has 0 aromatic heterocycles. The van der Waals surface area contributed by atoms with Gasteiger partial charge in [0.05, 0.1) is 4.90 Å². The summed E-state index contributed by atoms with van der Waals surface area (Å²) in [6.07, 6.45) is 0.823. The molecule has 0 saturated heterocycles. The zero-order valence-electron chi connectivity index (χ0n) is 16.0. The Labute approximate surface area is 160 Å². The first kappa shape index (κ1) is 20.9. The van der Waals surface area contributed by atoms with E-state index in [0.717, 1.165) is 12.5 Å². The Hall–Kier alpha value is -2.41. The Morgan fingerprint density at radius 1 is 1.11 bits per heavy atom. The largest absolute Gasteiger partial charge is 0.352 e. The van der Waals surface area contributed by atoms with Crippen molar-refractivity contribution in [3.05, 3.63) is 59.4 Å². The Bertz CT molecular complexity index is 934. The lowest BCUT2D eigenvalue weighted by Crippen LogP contribution is -2.27. The van der Waals surface area contributed by atoms with Crippen LogP contribution in [0.4, 0.5) is 10.1 Å². The van der Waals surface area contributed by atoms with E-state index in [2.05, 4.69) is 30.8 Å². The maximum atomic E-state index is 13.7. The average Bonchev–Trinajstić information content (AvgIpc) is 2.56. The molecule has 0 fully saturated rings. The molecule has 0 aliphatic heterocycles. The summed E-state index contributed by atoms with van der Waals surface area (Å²) in [5.41, 5.74) is 1.05. The number of hydrogen-bond acceptors (Lipinski definition) is 3. The highest BCUT2D eigenvalue weighted by Gasteiger charge is 2.17. The summed E-state index contributed by atoms with van der Waals surface area (Å²) < 4.78 is 41.0. The highest BCUT2D eigenvalue weighted by molar-refractivity contribution is 7.92. The fraction of sp³-hybridized carbons (Fsp3) is 0.350. The minimum atomic E-state index is -3.95. The van der Waals surface area contributed by atoms with E-state index < -0.39 is 15.8 Å². The minimum absolute atomic E-state index is 0.105. The van der Waals surface area contributed by atoms with Crippen molar-refractivity contribution in [2.75, 3.05) is 11.3 Å². The molecule has 2 N–H and O–H groups in total. The van der Waals surface area contributed by atoms with Gasteiger partial charge >= 0.3 is 0 Å². The summed E-state index contributed by atoms with van der Waals surface area (Å²) >= 11 is 0. The number of nitrogens with one attached hydrogen (secondary N) is 2. The second-order valence-electron chi connectivity index (χ2n) is 7.66. The van der Waals surface area contributed by atoms with Crippen molar-refractivity contribution in [2.45, 2.75) is 39.0 Å². The molecule has 0 saturated carbocycles. The molecular weight excluding hydrogens is 367 g/mol. The summed E-state index contributed by atoms with van der Waals surface area (Å²) in [6, 6.07) is 9.90. The van der Waals surface area contributed by atoms with Crippen LogP contribution in [0.5, 0.6) is 0 Å². The third-order valence-corrected chi connectivity index (χ3v) is 5.37. The van der Waals surface area contributed by atoms with E-state index in [-0.39, 0.29) is 21.9 Å². The molecule has 0 bridgehead atoms. The molecule has 1 amide bonds. The number of halogens is 1. The lowest BCUT2D eigenvalue weighted by Gasteiger charge is -2.18. The molecule has 2 rings (SSSR count). The fourth-order valence-electron chi connectivity index (χ4n) is 2.33. The molecule has 0 radical (unpaired) electrons. The van der Waals surface area contributed by atoms with Crippen LogP contribution >= 0.6 is 0 Å². The molecule has 0 atom stereocenters. The van der Waals surface area contributed by atoms with Crippen molar-refractivity contribution < 1.29 is 17.6 Å². The first-order valence-electron chi connectivity index (χ1n) is 8.65. The third-order valence-electron chi connectivity index (χ3n) is 3.99. The van der Waals surface area contributed by atoms with Crippen LogP contribution in [0.3, 0.4) is 0 Å². The zero-order chi connectivity index (χ0) is 20.2. The lowest BCUT2D eigenvalue weighted by atomic mass is 9.92. The Kier molecular flexibility index (Phi) is 6.26. The van der Waals surface area contributed by atoms with E-state index in [0.29, 0.717) is 17.7 Å². The van der Waals surface area contributed by atoms with Crippen molar-refractivity contribution >= 4 is 21.6 Å². The quantitative estimate of drug-likeness (QED) is 0.777. The molecule has 2 aromatic rings. The molecule has 27 heavy (non-hydrogen) atoms. The first-order valence-corrected chi connectivity index (χ1v) is 10.1. The van der Waals surface area contributed by atoms with Gasteiger partial charge in [-0.25, -0.2) is 12.8 Å². The number of sulfonamides is 1. The van der Waals surface area contributed by atoms with Crippen molar-refractivity contribution in [3.8, 4) is 0 Å². The van der Waals surface area contributed by atoms with E-state index in [1.54, 1.807) is 19.1 Å². The maximum Gasteiger partial charge on any atom is 0.261 e. The van der Waals surface area contributed by atoms with Gasteiger partial charge in [-0.3, -0.25) is 9.52 Å². The average molecular weight is 392 g/mol. The van der Waals surface area contributed by atoms with Crippen LogP contribution in [0.25, 0.3) is 0 Å². The Morgan fingerprint density at radius 2 is 1.81 bits per heavy atom. The van der Waals surface area contributed by atoms with Crippen LogP contribution in [-0.2, 0) is 10.0 Å². The number of hydrogen-bond donors (Lipinski definition) is 2. The predicted molar refractivity (Wildman–Crippen MR) is 105 cm³/mol. The number of benzene rings is 2. The van der Waals surface area contributed by atoms with Crippen molar-refractivity contribution in [1.29, 1.82) is 0 Å². The van der Waals surface area contributed by atoms with Gasteiger partial charge in [-0.2, -0.15) is 0 Å². The van der Waals surface area contributed by atoms with Crippen LogP contribution in [0.2, 0.25) is 0 Å². The minimum Gasteiger partial charge on any atom is -0.352 e. The summed E-state index contributed by atoms with van der Waals surface area (Å²) in [5.74, 6) is -0.869. The number of carbonyl (C=O) groups excluding carboxylic acids is 1. The summed E-state index contributed by atoms with van der Waals surface area (Å²) in [5, 5.41) is 2.83. The molecule has 7 heteroatoms. The monoisotopic (exact) mass is 392 g/mol. The van der Waals surface area contributed by atoms with E-state index in [1.165, 1.54) is 24.3 Å². The molecule has 0 unspecified atom stereocenters. The van der Waals surface area contributed by atoms with Gasteiger partial charge in [-0.15, -0.1) is 0 Å². The third kappa shape index (κ3) is 6.06. The SMILES string of the molecule is Cc1ccc(S(=O)(=O)Nc2cccc(C(=O)NCCC(C)(C)C)c2)cc1F. The van der Waals surface area contributed by atoms with Gasteiger partial charge in [0.15, 0.2) is 0 Å². The molecule has 146 valence electrons. The van der Waals surface area contributed by atoms with Crippen LogP contribution < -0.4 is 10.0 Å². The maximum absolute atomic E-state index is 13.7. The Morgan fingerprint density at radius 3 is 2.44 bits per heavy atom. The predicted octanol–water partition coefficient (Wildman–Crippen LogP) is 4.10. The number of carbonyl (C=O) groups is 1. The highest BCUT2D eigenvalue weighted by Crippen LogP contribution is 2.20. The molecular formula is C20H25FN2O3S. The van der Waals surface area contributed by atoms with Crippen LogP contribution in [-0.4, -0.2) is 20.9 Å². The van der Waals surface area contributed by atoms with Crippen LogP contribution in [0.1, 0.15) is 43.1 Å². The van der Waals surface area contributed by atoms with E-state index in [4.69, 9.17) is 0 Å². The lowest BCUT2D eigenvalue weighted by molar-refractivity contribution is 0.0949. The highest BCUT2D eigenvalue weighted by atomic mass is 32.2. The molecule has 2 aromatic carbocycles. The molecule has 0 aliphatic carbocycles. The second kappa shape index (κ2) is 8.08. The second-order valence-corrected chi connectivity index (χ2v) is 9.35. The first-order chi connectivity index (χ1) is 12.5. The van der Waals surface area contributed by atoms with Crippen LogP contribution in [0, 0.1) is 18.2 Å². The summed E-state index contributed by atoms with van der Waals surface area (Å²) in [6.45, 7) is 8.34. The Balaban J connectivity index is 2.12. The molecule has 5 nitrogen and oxygen atoms in total. The number of amides is 1. The smallest absolute Gasteiger partial charge is 0.261 e. The van der Waals surface area contributed by atoms with Gasteiger partial charge in [-0.05, 0) is 54.7 Å². The van der Waals surface area contributed by atoms with E-state index in [9.17, 15) is 17.6 Å². The zero-order valence-corrected chi connectivity index (χ0v) is 16.8. The van der Waals surface area contributed by atoms with E-state index >= 15 is 0 Å². The van der Waals surface area contributed by atoms with Crippen molar-refractivity contribution in [1.82, 2.24) is 5.32 Å². The number of rotatable bonds is 6. The van der Waals surface area contributed by atoms with Crippen molar-refractivity contribution in [3.63, 3.8) is 0 Å². The number of aryl methyl sites for hydroxylation is 1. The summed E-state index contributed by atoms with van der Waals surface area (Å²) in [7, 11) is -3.95. The fourth-order valence-corrected chi connectivity index (χ4v) is 3.39. The topological polar surface area (TPSA) is 75.3 Å². The van der Waals surface area contributed by atoms with Gasteiger partial charge < -0.3 is 5.32 Å². The van der Waals surface area contributed by atoms with Crippen molar-refractivity contribution in [2.24, 2.45) is 5.41 Å². The van der Waals surface area contributed by atoms with Gasteiger partial charge in [0.25, 0.3) is 15.9 Å². The number of anilines is 1. The van der Waals surface area contributed by atoms with Crippen LogP contribution in [0.15, 0.2) is 47.4 Å². The normalized spacial score (nSPS) is 11.9. The molecule has 0 heterocycles.